The van der Waals surface area contributed by atoms with Crippen LogP contribution in [0.4, 0.5) is 0 Å². The molecule has 7 heteroatoms. The molecule has 3 unspecified atom stereocenters. The third-order valence-corrected chi connectivity index (χ3v) is 3.13. The average molecular weight is 451 g/mol. The second-order valence-corrected chi connectivity index (χ2v) is 4.31. The summed E-state index contributed by atoms with van der Waals surface area (Å²) < 4.78 is 21.2. The molecule has 0 aliphatic heterocycles. The Bertz CT molecular complexity index is 227. The molecule has 5 nitrogen and oxygen atoms in total. The van der Waals surface area contributed by atoms with Gasteiger partial charge in [-0.25, -0.2) is 0 Å². The Hall–Kier alpha value is 0.653. The van der Waals surface area contributed by atoms with Crippen LogP contribution in [0.25, 0.3) is 0 Å². The molecule has 1 radical (unpaired) electrons. The zero-order valence-corrected chi connectivity index (χ0v) is 14.5. The Kier molecular flexibility index (Phi) is 13.8. The summed E-state index contributed by atoms with van der Waals surface area (Å²) in [6.07, 6.45) is 1.78. The standard InChI is InChI=1S/C10H16O5.V.W/c1-12-6-5-8(13-2)10(15-4)9(7-11)14-3;;/h5,8-10H,1-4H3;;/q-2;+2;. The molecule has 97 valence electrons. The Morgan fingerprint density at radius 1 is 1.18 bits per heavy atom. The summed E-state index contributed by atoms with van der Waals surface area (Å²) in [7, 11) is 6.02. The maximum absolute atomic E-state index is 10.7. The Morgan fingerprint density at radius 3 is 2.06 bits per heavy atom. The van der Waals surface area contributed by atoms with Gasteiger partial charge in [0.05, 0.1) is 0 Å². The van der Waals surface area contributed by atoms with Gasteiger partial charge < -0.3 is 0 Å². The molecule has 0 saturated carbocycles. The van der Waals surface area contributed by atoms with Crippen LogP contribution in [0.15, 0.2) is 0 Å². The van der Waals surface area contributed by atoms with Gasteiger partial charge in [-0.05, 0) is 0 Å². The second kappa shape index (κ2) is 11.7. The molecule has 0 aromatic heterocycles. The monoisotopic (exact) mass is 451 g/mol. The van der Waals surface area contributed by atoms with E-state index in [4.69, 9.17) is 18.9 Å². The van der Waals surface area contributed by atoms with Crippen LogP contribution in [0.1, 0.15) is 0 Å². The van der Waals surface area contributed by atoms with Crippen molar-refractivity contribution in [3.8, 4) is 0 Å². The summed E-state index contributed by atoms with van der Waals surface area (Å²) in [6, 6.07) is 0. The number of rotatable bonds is 9. The summed E-state index contributed by atoms with van der Waals surface area (Å²) in [5, 5.41) is 0. The average Bonchev–Trinajstić information content (AvgIpc) is 2.33. The van der Waals surface area contributed by atoms with Crippen LogP contribution >= 0.6 is 0 Å². The molecule has 0 heterocycles. The fourth-order valence-corrected chi connectivity index (χ4v) is 1.66. The Balaban J connectivity index is 0. The van der Waals surface area contributed by atoms with Crippen LogP contribution in [0.2, 0.25) is 0 Å². The molecular formula is C10H16O5VW. The van der Waals surface area contributed by atoms with Crippen molar-refractivity contribution in [1.82, 2.24) is 0 Å². The topological polar surface area (TPSA) is 54.0 Å². The Labute approximate surface area is 125 Å². The van der Waals surface area contributed by atoms with Crippen LogP contribution in [-0.4, -0.2) is 57.1 Å². The predicted molar refractivity (Wildman–Crippen MR) is 54.4 cm³/mol. The number of hydrogen-bond acceptors (Lipinski definition) is 5. The number of hydrogen-bond donors (Lipinski definition) is 0. The fraction of sp³-hybridized carbons (Fsp3) is 0.700. The van der Waals surface area contributed by atoms with E-state index in [0.717, 1.165) is 4.08 Å². The molecular weight excluding hydrogens is 435 g/mol. The fourth-order valence-electron chi connectivity index (χ4n) is 1.18. The molecule has 0 aliphatic rings. The summed E-state index contributed by atoms with van der Waals surface area (Å²) in [5.74, 6) is 0. The SMILES string of the molecule is CO[C](=[W])[CH-]C(OC)C(OC)C([C-]=O)OC.[V+2]. The smallest absolute Gasteiger partial charge is 2.00 e. The van der Waals surface area contributed by atoms with Gasteiger partial charge in [-0.3, -0.25) is 0 Å². The minimum atomic E-state index is -0.786. The van der Waals surface area contributed by atoms with Gasteiger partial charge >= 0.3 is 125 Å². The van der Waals surface area contributed by atoms with Gasteiger partial charge in [0.1, 0.15) is 0 Å². The molecule has 3 atom stereocenters. The first kappa shape index (κ1) is 20.0. The van der Waals surface area contributed by atoms with Gasteiger partial charge in [0.25, 0.3) is 0 Å². The molecule has 0 aromatic carbocycles. The normalized spacial score (nSPS) is 15.5. The molecule has 0 spiro atoms. The van der Waals surface area contributed by atoms with Crippen LogP contribution in [0.3, 0.4) is 0 Å². The third kappa shape index (κ3) is 6.97. The quantitative estimate of drug-likeness (QED) is 0.450. The molecule has 0 fully saturated rings. The van der Waals surface area contributed by atoms with E-state index < -0.39 is 18.3 Å². The van der Waals surface area contributed by atoms with Crippen molar-refractivity contribution in [2.24, 2.45) is 0 Å². The molecule has 0 rings (SSSR count). The second-order valence-electron chi connectivity index (χ2n) is 2.86. The van der Waals surface area contributed by atoms with E-state index in [-0.39, 0.29) is 18.6 Å². The van der Waals surface area contributed by atoms with E-state index in [1.54, 1.807) is 19.8 Å². The largest absolute Gasteiger partial charge is 2.00 e. The van der Waals surface area contributed by atoms with Gasteiger partial charge in [-0.1, -0.05) is 0 Å². The van der Waals surface area contributed by atoms with Gasteiger partial charge in [0, 0.05) is 0 Å². The molecule has 0 amide bonds. The maximum atomic E-state index is 10.7. The van der Waals surface area contributed by atoms with E-state index in [1.165, 1.54) is 40.7 Å². The number of methoxy groups -OCH3 is 4. The molecule has 17 heavy (non-hydrogen) atoms. The minimum absolute atomic E-state index is 0. The van der Waals surface area contributed by atoms with Crippen LogP contribution < -0.4 is 0 Å². The first-order chi connectivity index (χ1) is 7.64. The van der Waals surface area contributed by atoms with E-state index in [9.17, 15) is 4.79 Å². The summed E-state index contributed by atoms with van der Waals surface area (Å²) in [6.45, 7) is 0. The summed E-state index contributed by atoms with van der Waals surface area (Å²) in [4.78, 5) is 10.7. The van der Waals surface area contributed by atoms with Gasteiger partial charge in [0.15, 0.2) is 0 Å². The van der Waals surface area contributed by atoms with Crippen molar-refractivity contribution in [2.45, 2.75) is 18.3 Å². The van der Waals surface area contributed by atoms with Crippen molar-refractivity contribution >= 4 is 10.4 Å². The van der Waals surface area contributed by atoms with Crippen molar-refractivity contribution in [1.29, 1.82) is 0 Å². The van der Waals surface area contributed by atoms with Gasteiger partial charge in [-0.2, -0.15) is 0 Å². The van der Waals surface area contributed by atoms with E-state index in [1.807, 2.05) is 0 Å². The van der Waals surface area contributed by atoms with Crippen molar-refractivity contribution in [2.75, 3.05) is 28.4 Å². The number of ether oxygens (including phenoxy) is 4. The van der Waals surface area contributed by atoms with E-state index in [0.29, 0.717) is 0 Å². The molecule has 0 saturated heterocycles. The van der Waals surface area contributed by atoms with Crippen LogP contribution in [0.5, 0.6) is 0 Å². The van der Waals surface area contributed by atoms with Gasteiger partial charge in [0.2, 0.25) is 0 Å². The molecule has 0 N–H and O–H groups in total. The summed E-state index contributed by atoms with van der Waals surface area (Å²) in [5.41, 5.74) is 0. The molecule has 0 aliphatic carbocycles. The van der Waals surface area contributed by atoms with Gasteiger partial charge in [-0.15, -0.1) is 0 Å². The minimum Gasteiger partial charge on any atom is 2.00 e. The Morgan fingerprint density at radius 2 is 1.76 bits per heavy atom. The van der Waals surface area contributed by atoms with Crippen molar-refractivity contribution < 1.29 is 61.7 Å². The first-order valence-electron chi connectivity index (χ1n) is 4.53. The van der Waals surface area contributed by atoms with Crippen LogP contribution in [-0.2, 0) is 61.7 Å². The van der Waals surface area contributed by atoms with E-state index >= 15 is 0 Å². The summed E-state index contributed by atoms with van der Waals surface area (Å²) >= 11 is 1.17. The zero-order valence-electron chi connectivity index (χ0n) is 10.2. The maximum Gasteiger partial charge on any atom is 2.00 e. The molecule has 0 aromatic rings. The van der Waals surface area contributed by atoms with E-state index in [2.05, 4.69) is 0 Å². The zero-order chi connectivity index (χ0) is 12.6. The van der Waals surface area contributed by atoms with Crippen LogP contribution in [0, 0.1) is 6.42 Å². The predicted octanol–water partition coefficient (Wildman–Crippen LogP) is -0.334. The van der Waals surface area contributed by atoms with Crippen molar-refractivity contribution in [3.63, 3.8) is 0 Å². The molecule has 0 bridgehead atoms. The number of carbonyl (C=O) groups excluding carboxylic acids is 1. The third-order valence-electron chi connectivity index (χ3n) is 2.04. The first-order valence-corrected chi connectivity index (χ1v) is 6.00. The van der Waals surface area contributed by atoms with Crippen molar-refractivity contribution in [3.05, 3.63) is 6.42 Å².